The van der Waals surface area contributed by atoms with Crippen molar-refractivity contribution in [2.24, 2.45) is 0 Å². The molecule has 0 aromatic carbocycles. The number of hydrogen-bond acceptors (Lipinski definition) is 2. The lowest BCUT2D eigenvalue weighted by Gasteiger charge is -2.05. The molecule has 0 atom stereocenters. The van der Waals surface area contributed by atoms with Gasteiger partial charge in [0.25, 0.3) is 6.43 Å². The van der Waals surface area contributed by atoms with Crippen molar-refractivity contribution in [1.82, 2.24) is 4.98 Å². The number of rotatable bonds is 3. The minimum absolute atomic E-state index is 0.174. The van der Waals surface area contributed by atoms with Gasteiger partial charge in [0.2, 0.25) is 0 Å². The molecular weight excluding hydrogens is 164 g/mol. The molecule has 0 saturated carbocycles. The first kappa shape index (κ1) is 9.06. The van der Waals surface area contributed by atoms with Gasteiger partial charge in [-0.15, -0.1) is 0 Å². The fourth-order valence-electron chi connectivity index (χ4n) is 0.925. The number of hydrogen-bond donors (Lipinski definition) is 0. The van der Waals surface area contributed by atoms with Crippen molar-refractivity contribution >= 4 is 0 Å². The zero-order chi connectivity index (χ0) is 8.97. The molecule has 0 N–H and O–H groups in total. The van der Waals surface area contributed by atoms with Crippen LogP contribution in [0.2, 0.25) is 0 Å². The Kier molecular flexibility index (Phi) is 3.10. The van der Waals surface area contributed by atoms with Crippen LogP contribution in [-0.2, 0) is 11.3 Å². The third-order valence-electron chi connectivity index (χ3n) is 1.43. The van der Waals surface area contributed by atoms with Crippen LogP contribution in [0.4, 0.5) is 8.78 Å². The minimum atomic E-state index is -2.53. The van der Waals surface area contributed by atoms with E-state index in [1.807, 2.05) is 0 Å². The highest BCUT2D eigenvalue weighted by atomic mass is 19.3. The molecule has 66 valence electrons. The highest BCUT2D eigenvalue weighted by Gasteiger charge is 2.12. The van der Waals surface area contributed by atoms with Crippen molar-refractivity contribution in [3.8, 4) is 0 Å². The maximum absolute atomic E-state index is 12.2. The van der Waals surface area contributed by atoms with E-state index < -0.39 is 6.43 Å². The normalized spacial score (nSPS) is 10.7. The van der Waals surface area contributed by atoms with Crippen LogP contribution < -0.4 is 0 Å². The predicted molar refractivity (Wildman–Crippen MR) is 39.9 cm³/mol. The van der Waals surface area contributed by atoms with Gasteiger partial charge in [0.05, 0.1) is 6.61 Å². The average Bonchev–Trinajstić information content (AvgIpc) is 2.05. The van der Waals surface area contributed by atoms with Crippen molar-refractivity contribution < 1.29 is 13.5 Å². The highest BCUT2D eigenvalue weighted by molar-refractivity contribution is 5.19. The van der Waals surface area contributed by atoms with E-state index in [1.165, 1.54) is 13.3 Å². The molecule has 0 amide bonds. The SMILES string of the molecule is COCc1cccnc1C(F)F. The van der Waals surface area contributed by atoms with E-state index in [1.54, 1.807) is 12.1 Å². The third kappa shape index (κ3) is 1.98. The Morgan fingerprint density at radius 2 is 2.33 bits per heavy atom. The highest BCUT2D eigenvalue weighted by Crippen LogP contribution is 2.20. The van der Waals surface area contributed by atoms with Crippen molar-refractivity contribution in [3.05, 3.63) is 29.6 Å². The van der Waals surface area contributed by atoms with Gasteiger partial charge in [0.15, 0.2) is 0 Å². The summed E-state index contributed by atoms with van der Waals surface area (Å²) in [5.74, 6) is 0. The van der Waals surface area contributed by atoms with Gasteiger partial charge in [-0.05, 0) is 6.07 Å². The van der Waals surface area contributed by atoms with E-state index in [4.69, 9.17) is 4.74 Å². The van der Waals surface area contributed by atoms with Crippen LogP contribution >= 0.6 is 0 Å². The second-order valence-corrected chi connectivity index (χ2v) is 2.28. The molecule has 0 bridgehead atoms. The lowest BCUT2D eigenvalue weighted by Crippen LogP contribution is -1.98. The number of pyridine rings is 1. The van der Waals surface area contributed by atoms with Crippen LogP contribution in [0.15, 0.2) is 18.3 Å². The molecule has 1 aromatic rings. The number of aromatic nitrogens is 1. The number of ether oxygens (including phenoxy) is 1. The molecule has 0 unspecified atom stereocenters. The monoisotopic (exact) mass is 173 g/mol. The minimum Gasteiger partial charge on any atom is -0.380 e. The Hall–Kier alpha value is -1.03. The van der Waals surface area contributed by atoms with Crippen LogP contribution in [0.5, 0.6) is 0 Å². The van der Waals surface area contributed by atoms with Crippen molar-refractivity contribution in [2.75, 3.05) is 7.11 Å². The Morgan fingerprint density at radius 3 is 2.92 bits per heavy atom. The first-order chi connectivity index (χ1) is 5.75. The van der Waals surface area contributed by atoms with E-state index in [2.05, 4.69) is 4.98 Å². The van der Waals surface area contributed by atoms with E-state index in [-0.39, 0.29) is 12.3 Å². The summed E-state index contributed by atoms with van der Waals surface area (Å²) >= 11 is 0. The molecular formula is C8H9F2NO. The second-order valence-electron chi connectivity index (χ2n) is 2.28. The zero-order valence-electron chi connectivity index (χ0n) is 6.63. The maximum Gasteiger partial charge on any atom is 0.280 e. The molecule has 1 rings (SSSR count). The summed E-state index contributed by atoms with van der Waals surface area (Å²) in [7, 11) is 1.46. The maximum atomic E-state index is 12.2. The van der Waals surface area contributed by atoms with Crippen LogP contribution in [0.1, 0.15) is 17.7 Å². The van der Waals surface area contributed by atoms with E-state index in [9.17, 15) is 8.78 Å². The third-order valence-corrected chi connectivity index (χ3v) is 1.43. The Balaban J connectivity index is 2.92. The molecule has 0 aliphatic carbocycles. The van der Waals surface area contributed by atoms with Gasteiger partial charge in [0.1, 0.15) is 5.69 Å². The molecule has 4 heteroatoms. The summed E-state index contributed by atoms with van der Waals surface area (Å²) in [6.07, 6.45) is -1.18. The second kappa shape index (κ2) is 4.11. The molecule has 1 heterocycles. The van der Waals surface area contributed by atoms with Crippen LogP contribution in [0.25, 0.3) is 0 Å². The lowest BCUT2D eigenvalue weighted by molar-refractivity contribution is 0.136. The largest absolute Gasteiger partial charge is 0.380 e. The molecule has 0 aliphatic heterocycles. The summed E-state index contributed by atoms with van der Waals surface area (Å²) in [6.45, 7) is 0.174. The van der Waals surface area contributed by atoms with Gasteiger partial charge in [0, 0.05) is 18.9 Å². The Labute approximate surface area is 69.2 Å². The Morgan fingerprint density at radius 1 is 1.58 bits per heavy atom. The molecule has 2 nitrogen and oxygen atoms in total. The summed E-state index contributed by atoms with van der Waals surface area (Å²) in [5.41, 5.74) is 0.245. The first-order valence-electron chi connectivity index (χ1n) is 3.46. The van der Waals surface area contributed by atoms with Crippen LogP contribution in [0.3, 0.4) is 0 Å². The number of halogens is 2. The standard InChI is InChI=1S/C8H9F2NO/c1-12-5-6-3-2-4-11-7(6)8(9)10/h2-4,8H,5H2,1H3. The number of methoxy groups -OCH3 is 1. The van der Waals surface area contributed by atoms with Crippen LogP contribution in [-0.4, -0.2) is 12.1 Å². The zero-order valence-corrected chi connectivity index (χ0v) is 6.63. The van der Waals surface area contributed by atoms with E-state index in [0.29, 0.717) is 5.56 Å². The summed E-state index contributed by atoms with van der Waals surface area (Å²) in [4.78, 5) is 3.57. The molecule has 12 heavy (non-hydrogen) atoms. The predicted octanol–water partition coefficient (Wildman–Crippen LogP) is 2.17. The number of nitrogens with zero attached hydrogens (tertiary/aromatic N) is 1. The van der Waals surface area contributed by atoms with Crippen molar-refractivity contribution in [3.63, 3.8) is 0 Å². The fraction of sp³-hybridized carbons (Fsp3) is 0.375. The van der Waals surface area contributed by atoms with Crippen molar-refractivity contribution in [1.29, 1.82) is 0 Å². The molecule has 0 fully saturated rings. The van der Waals surface area contributed by atoms with Crippen molar-refractivity contribution in [2.45, 2.75) is 13.0 Å². The molecule has 1 aromatic heterocycles. The van der Waals surface area contributed by atoms with Gasteiger partial charge < -0.3 is 4.74 Å². The molecule has 0 saturated heterocycles. The molecule has 0 radical (unpaired) electrons. The first-order valence-corrected chi connectivity index (χ1v) is 3.46. The Bertz CT molecular complexity index is 253. The quantitative estimate of drug-likeness (QED) is 0.698. The summed E-state index contributed by atoms with van der Waals surface area (Å²) in [6, 6.07) is 3.19. The van der Waals surface area contributed by atoms with Gasteiger partial charge in [-0.3, -0.25) is 4.98 Å². The van der Waals surface area contributed by atoms with Gasteiger partial charge in [-0.2, -0.15) is 0 Å². The van der Waals surface area contributed by atoms with E-state index >= 15 is 0 Å². The van der Waals surface area contributed by atoms with Gasteiger partial charge in [-0.1, -0.05) is 6.07 Å². The van der Waals surface area contributed by atoms with Crippen LogP contribution in [0, 0.1) is 0 Å². The average molecular weight is 173 g/mol. The topological polar surface area (TPSA) is 22.1 Å². The van der Waals surface area contributed by atoms with Gasteiger partial charge >= 0.3 is 0 Å². The van der Waals surface area contributed by atoms with E-state index in [0.717, 1.165) is 0 Å². The number of alkyl halides is 2. The summed E-state index contributed by atoms with van der Waals surface area (Å²) < 4.78 is 29.2. The smallest absolute Gasteiger partial charge is 0.280 e. The van der Waals surface area contributed by atoms with Gasteiger partial charge in [-0.25, -0.2) is 8.78 Å². The fourth-order valence-corrected chi connectivity index (χ4v) is 0.925. The molecule has 0 spiro atoms. The summed E-state index contributed by atoms with van der Waals surface area (Å²) in [5, 5.41) is 0. The lowest BCUT2D eigenvalue weighted by atomic mass is 10.2. The molecule has 0 aliphatic rings.